The Kier molecular flexibility index (Phi) is 25.4. The summed E-state index contributed by atoms with van der Waals surface area (Å²) in [5.74, 6) is 6.94. The van der Waals surface area contributed by atoms with Crippen LogP contribution in [0.4, 0.5) is 17.2 Å². The number of nitrogens with one attached hydrogen (secondary N) is 3. The van der Waals surface area contributed by atoms with Crippen LogP contribution >= 0.6 is 0 Å². The number of pyridine rings is 3. The molecule has 500 valence electrons. The summed E-state index contributed by atoms with van der Waals surface area (Å²) >= 11 is 0. The van der Waals surface area contributed by atoms with Crippen molar-refractivity contribution < 1.29 is 14.2 Å². The molecule has 0 amide bonds. The number of rotatable bonds is 4. The molecule has 0 bridgehead atoms. The van der Waals surface area contributed by atoms with Crippen molar-refractivity contribution in [3.05, 3.63) is 197 Å². The van der Waals surface area contributed by atoms with Crippen molar-refractivity contribution in [1.29, 1.82) is 0 Å². The standard InChI is InChI=1S/2C12H17NO.2C12H17N.C11H16N2O.2C11H12N2/c1-12(2,3)9-5-4-6-10-11(9)14-8-7-13-10;1-12(2,3)11-8-14-10-7-5-4-6-9(10)13-11;1-9(2)11-6-5-10-4-3-7-13-12(10)8-11;1-9(2)11-8-7-10-5-3-4-6-12(10)13-11;1-11(2,3)9-5-4-8-10(13-9)12-6-7-14-8;1-8(2)9-3-4-10-11(7-9)13-6-5-12-10;1-8(2)11-7-12-9-5-3-4-6-10(9)13-11/h4-6,13H,7-8H2,1-3H3;4-7,11,13H,8H2,1-3H3;3-4,7,9,11H,5-6,8H2,1-2H3;7-9H,3-6H2,1-2H3;4-5H,6-7H2,1-3H3,(H,12,13);2*3-8H,1-2H3. The van der Waals surface area contributed by atoms with E-state index in [1.165, 1.54) is 84.3 Å². The Bertz CT molecular complexity index is 3760. The molecule has 3 N–H and O–H groups in total. The van der Waals surface area contributed by atoms with E-state index in [0.29, 0.717) is 23.8 Å². The first-order chi connectivity index (χ1) is 44.8. The number of hydrogen-bond donors (Lipinski definition) is 3. The Balaban J connectivity index is 0.000000141. The van der Waals surface area contributed by atoms with Crippen LogP contribution in [0, 0.1) is 17.3 Å². The Morgan fingerprint density at radius 1 is 0.489 bits per heavy atom. The topological polar surface area (TPSA) is 154 Å². The van der Waals surface area contributed by atoms with Crippen molar-refractivity contribution in [2.24, 2.45) is 17.3 Å². The molecule has 0 fully saturated rings. The van der Waals surface area contributed by atoms with E-state index in [4.69, 9.17) is 19.2 Å². The molecule has 0 radical (unpaired) electrons. The molecule has 5 aliphatic rings. The number of nitrogens with zero attached hydrogens (tertiary/aromatic N) is 7. The zero-order valence-corrected chi connectivity index (χ0v) is 59.7. The minimum absolute atomic E-state index is 0.0914. The van der Waals surface area contributed by atoms with Gasteiger partial charge >= 0.3 is 0 Å². The lowest BCUT2D eigenvalue weighted by Gasteiger charge is -2.36. The van der Waals surface area contributed by atoms with Gasteiger partial charge in [0.25, 0.3) is 0 Å². The number of fused-ring (bicyclic) bond motifs is 7. The molecule has 8 heterocycles. The van der Waals surface area contributed by atoms with Gasteiger partial charge in [0.2, 0.25) is 0 Å². The Labute approximate surface area is 563 Å². The monoisotopic (exact) mass is 1270 g/mol. The van der Waals surface area contributed by atoms with Gasteiger partial charge in [-0.25, -0.2) is 9.97 Å². The summed E-state index contributed by atoms with van der Waals surface area (Å²) in [5.41, 5.74) is 18.2. The third kappa shape index (κ3) is 20.7. The number of benzene rings is 4. The molecular formula is C81H108N10O3. The van der Waals surface area contributed by atoms with E-state index in [1.807, 2.05) is 73.1 Å². The Hall–Kier alpha value is -8.19. The first-order valence-electron chi connectivity index (χ1n) is 34.5. The molecule has 13 heteroatoms. The first kappa shape index (κ1) is 71.7. The highest BCUT2D eigenvalue weighted by Crippen LogP contribution is 2.39. The number of aromatic nitrogens is 7. The van der Waals surface area contributed by atoms with Crippen molar-refractivity contribution in [2.45, 2.75) is 197 Å². The quantitative estimate of drug-likeness (QED) is 0.153. The maximum atomic E-state index is 5.72. The zero-order valence-electron chi connectivity index (χ0n) is 59.7. The molecule has 9 aromatic rings. The summed E-state index contributed by atoms with van der Waals surface area (Å²) in [6.45, 7) is 41.4. The van der Waals surface area contributed by atoms with Crippen molar-refractivity contribution >= 4 is 39.3 Å². The maximum absolute atomic E-state index is 5.72. The number of anilines is 3. The van der Waals surface area contributed by atoms with Gasteiger partial charge in [0.1, 0.15) is 31.3 Å². The molecule has 0 saturated heterocycles. The molecule has 94 heavy (non-hydrogen) atoms. The second-order valence-electron chi connectivity index (χ2n) is 29.6. The van der Waals surface area contributed by atoms with Gasteiger partial charge in [-0.2, -0.15) is 0 Å². The normalized spacial score (nSPS) is 15.9. The van der Waals surface area contributed by atoms with Gasteiger partial charge in [-0.15, -0.1) is 0 Å². The largest absolute Gasteiger partial charge is 0.489 e. The number of aryl methyl sites for hydroxylation is 3. The van der Waals surface area contributed by atoms with E-state index in [0.717, 1.165) is 113 Å². The lowest BCUT2D eigenvalue weighted by molar-refractivity contribution is 0.207. The van der Waals surface area contributed by atoms with Crippen LogP contribution in [0.1, 0.15) is 205 Å². The summed E-state index contributed by atoms with van der Waals surface area (Å²) in [6, 6.07) is 41.7. The smallest absolute Gasteiger partial charge is 0.169 e. The second-order valence-corrected chi connectivity index (χ2v) is 29.6. The van der Waals surface area contributed by atoms with Gasteiger partial charge in [-0.3, -0.25) is 24.9 Å². The van der Waals surface area contributed by atoms with Gasteiger partial charge in [-0.05, 0) is 169 Å². The fourth-order valence-electron chi connectivity index (χ4n) is 11.4. The molecule has 14 rings (SSSR count). The average Bonchev–Trinajstić information content (AvgIpc) is 0.849. The lowest BCUT2D eigenvalue weighted by Crippen LogP contribution is -2.41. The highest BCUT2D eigenvalue weighted by molar-refractivity contribution is 5.75. The fourth-order valence-corrected chi connectivity index (χ4v) is 11.4. The van der Waals surface area contributed by atoms with Crippen molar-refractivity contribution in [2.75, 3.05) is 48.9 Å². The number of ether oxygens (including phenoxy) is 3. The lowest BCUT2D eigenvalue weighted by atomic mass is 9.80. The maximum Gasteiger partial charge on any atom is 0.169 e. The Morgan fingerprint density at radius 3 is 1.89 bits per heavy atom. The van der Waals surface area contributed by atoms with Crippen LogP contribution in [-0.2, 0) is 36.5 Å². The molecule has 2 atom stereocenters. The minimum Gasteiger partial charge on any atom is -0.489 e. The van der Waals surface area contributed by atoms with Gasteiger partial charge in [0.15, 0.2) is 11.6 Å². The molecule has 0 spiro atoms. The minimum atomic E-state index is 0.0914. The summed E-state index contributed by atoms with van der Waals surface area (Å²) < 4.78 is 16.9. The molecule has 2 aliphatic carbocycles. The van der Waals surface area contributed by atoms with Crippen molar-refractivity contribution in [3.8, 4) is 17.2 Å². The summed E-state index contributed by atoms with van der Waals surface area (Å²) in [6.07, 6.45) is 16.1. The van der Waals surface area contributed by atoms with E-state index in [9.17, 15) is 0 Å². The van der Waals surface area contributed by atoms with Gasteiger partial charge in [-0.1, -0.05) is 172 Å². The second kappa shape index (κ2) is 33.3. The van der Waals surface area contributed by atoms with Crippen LogP contribution in [0.15, 0.2) is 146 Å². The summed E-state index contributed by atoms with van der Waals surface area (Å²) in [4.78, 5) is 31.0. The highest BCUT2D eigenvalue weighted by Gasteiger charge is 2.29. The molecule has 0 saturated carbocycles. The van der Waals surface area contributed by atoms with Crippen LogP contribution < -0.4 is 30.2 Å². The van der Waals surface area contributed by atoms with Crippen molar-refractivity contribution in [3.63, 3.8) is 0 Å². The zero-order chi connectivity index (χ0) is 67.6. The highest BCUT2D eigenvalue weighted by atomic mass is 16.5. The molecule has 13 nitrogen and oxygen atoms in total. The summed E-state index contributed by atoms with van der Waals surface area (Å²) in [5, 5.41) is 10.1. The summed E-state index contributed by atoms with van der Waals surface area (Å²) in [7, 11) is 0. The van der Waals surface area contributed by atoms with E-state index >= 15 is 0 Å². The number of hydrogen-bond acceptors (Lipinski definition) is 13. The van der Waals surface area contributed by atoms with E-state index < -0.39 is 0 Å². The fraction of sp³-hybridized carbons (Fsp3) is 0.469. The van der Waals surface area contributed by atoms with E-state index in [2.05, 4.69) is 224 Å². The Morgan fingerprint density at radius 2 is 1.17 bits per heavy atom. The van der Waals surface area contributed by atoms with Crippen LogP contribution in [0.5, 0.6) is 17.2 Å². The molecule has 2 unspecified atom stereocenters. The van der Waals surface area contributed by atoms with Crippen LogP contribution in [0.2, 0.25) is 0 Å². The van der Waals surface area contributed by atoms with Crippen LogP contribution in [0.3, 0.4) is 0 Å². The van der Waals surface area contributed by atoms with E-state index in [-0.39, 0.29) is 16.2 Å². The molecule has 4 aromatic carbocycles. The first-order valence-corrected chi connectivity index (χ1v) is 34.5. The third-order valence-electron chi connectivity index (χ3n) is 17.6. The van der Waals surface area contributed by atoms with Crippen LogP contribution in [0.25, 0.3) is 22.1 Å². The van der Waals surface area contributed by atoms with Gasteiger partial charge in [0.05, 0.1) is 51.7 Å². The molecule has 3 aliphatic heterocycles. The third-order valence-corrected chi connectivity index (χ3v) is 17.6. The predicted molar refractivity (Wildman–Crippen MR) is 392 cm³/mol. The van der Waals surface area contributed by atoms with Gasteiger partial charge in [0, 0.05) is 65.1 Å². The number of para-hydroxylation sites is 5. The van der Waals surface area contributed by atoms with Crippen molar-refractivity contribution in [1.82, 2.24) is 34.9 Å². The van der Waals surface area contributed by atoms with E-state index in [1.54, 1.807) is 12.4 Å². The average molecular weight is 1270 g/mol. The molecule has 5 aromatic heterocycles. The predicted octanol–water partition coefficient (Wildman–Crippen LogP) is 19.3. The van der Waals surface area contributed by atoms with Crippen LogP contribution in [-0.4, -0.2) is 73.8 Å². The SMILES string of the molecule is CC(C)(C)C1COc2ccccc2N1.CC(C)(C)c1ccc2c(n1)NCCO2.CC(C)(C)c1cccc2c1OCCN2.CC(C)C1CCc2cccnc2C1.CC(C)c1ccc2c(n1)CCCC2.CC(C)c1ccc2nccnc2c1.CC(C)c1cnc2ccccc2n1. The van der Waals surface area contributed by atoms with Gasteiger partial charge < -0.3 is 30.2 Å². The molecular weight excluding hydrogens is 1160 g/mol.